The minimum atomic E-state index is -0.460. The van der Waals surface area contributed by atoms with Crippen LogP contribution in [0.5, 0.6) is 5.75 Å². The van der Waals surface area contributed by atoms with E-state index in [0.717, 1.165) is 35.9 Å². The third-order valence-corrected chi connectivity index (χ3v) is 5.88. The fourth-order valence-corrected chi connectivity index (χ4v) is 4.31. The highest BCUT2D eigenvalue weighted by Gasteiger charge is 2.19. The Morgan fingerprint density at radius 1 is 1.19 bits per heavy atom. The highest BCUT2D eigenvalue weighted by Crippen LogP contribution is 2.26. The van der Waals surface area contributed by atoms with Crippen LogP contribution in [0.4, 0.5) is 0 Å². The van der Waals surface area contributed by atoms with Gasteiger partial charge < -0.3 is 9.15 Å². The van der Waals surface area contributed by atoms with E-state index in [9.17, 15) is 9.59 Å². The van der Waals surface area contributed by atoms with Crippen LogP contribution in [-0.4, -0.2) is 21.1 Å². The molecule has 158 valence electrons. The highest BCUT2D eigenvalue weighted by molar-refractivity contribution is 5.82. The number of aromatic nitrogens is 3. The molecule has 7 nitrogen and oxygen atoms in total. The van der Waals surface area contributed by atoms with E-state index in [1.165, 1.54) is 17.0 Å². The Hall–Kier alpha value is -3.48. The Morgan fingerprint density at radius 3 is 2.90 bits per heavy atom. The lowest BCUT2D eigenvalue weighted by molar-refractivity contribution is 0.340. The molecule has 0 aliphatic heterocycles. The molecule has 0 unspecified atom stereocenters. The molecule has 3 aromatic heterocycles. The molecule has 1 aliphatic rings. The molecule has 0 saturated heterocycles. The summed E-state index contributed by atoms with van der Waals surface area (Å²) in [6.07, 6.45) is 4.46. The summed E-state index contributed by atoms with van der Waals surface area (Å²) in [5, 5.41) is 1.24. The van der Waals surface area contributed by atoms with Crippen molar-refractivity contribution >= 4 is 22.0 Å². The topological polar surface area (TPSA) is 87.2 Å². The molecule has 4 aromatic rings. The average molecular weight is 417 g/mol. The molecule has 0 spiro atoms. The van der Waals surface area contributed by atoms with Crippen molar-refractivity contribution in [3.63, 3.8) is 0 Å². The molecule has 0 amide bonds. The first-order chi connectivity index (χ1) is 15.0. The SMILES string of the molecule is CCOc1ccc2oc(=O)cc(Cn3cnc4nc5c(cc4c3=O)C[C@@H](C)CC5)c2c1. The molecule has 1 aliphatic carbocycles. The first kappa shape index (κ1) is 19.5. The summed E-state index contributed by atoms with van der Waals surface area (Å²) in [6.45, 7) is 4.86. The Morgan fingerprint density at radius 2 is 2.06 bits per heavy atom. The van der Waals surface area contributed by atoms with Crippen LogP contribution in [0, 0.1) is 5.92 Å². The maximum atomic E-state index is 13.2. The smallest absolute Gasteiger partial charge is 0.336 e. The molecule has 5 rings (SSSR count). The van der Waals surface area contributed by atoms with Gasteiger partial charge >= 0.3 is 5.63 Å². The first-order valence-corrected chi connectivity index (χ1v) is 10.6. The zero-order valence-corrected chi connectivity index (χ0v) is 17.6. The van der Waals surface area contributed by atoms with Gasteiger partial charge in [0.05, 0.1) is 18.5 Å². The molecule has 1 aromatic carbocycles. The van der Waals surface area contributed by atoms with Gasteiger partial charge in [0.1, 0.15) is 17.7 Å². The average Bonchev–Trinajstić information content (AvgIpc) is 2.75. The minimum absolute atomic E-state index is 0.166. The van der Waals surface area contributed by atoms with Gasteiger partial charge in [0, 0.05) is 17.1 Å². The van der Waals surface area contributed by atoms with Gasteiger partial charge in [-0.2, -0.15) is 0 Å². The number of nitrogens with zero attached hydrogens (tertiary/aromatic N) is 3. The van der Waals surface area contributed by atoms with E-state index in [0.29, 0.717) is 40.5 Å². The van der Waals surface area contributed by atoms with Gasteiger partial charge in [-0.15, -0.1) is 0 Å². The largest absolute Gasteiger partial charge is 0.494 e. The summed E-state index contributed by atoms with van der Waals surface area (Å²) < 4.78 is 12.4. The number of rotatable bonds is 4. The fraction of sp³-hybridized carbons (Fsp3) is 0.333. The Bertz CT molecular complexity index is 1420. The van der Waals surface area contributed by atoms with Crippen LogP contribution >= 0.6 is 0 Å². The number of pyridine rings is 1. The van der Waals surface area contributed by atoms with Gasteiger partial charge in [-0.25, -0.2) is 14.8 Å². The van der Waals surface area contributed by atoms with Gasteiger partial charge in [-0.05, 0) is 67.5 Å². The van der Waals surface area contributed by atoms with Crippen molar-refractivity contribution in [3.8, 4) is 5.75 Å². The van der Waals surface area contributed by atoms with Crippen LogP contribution < -0.4 is 15.9 Å². The summed E-state index contributed by atoms with van der Waals surface area (Å²) in [6, 6.07) is 8.67. The van der Waals surface area contributed by atoms with E-state index >= 15 is 0 Å². The summed E-state index contributed by atoms with van der Waals surface area (Å²) in [7, 11) is 0. The summed E-state index contributed by atoms with van der Waals surface area (Å²) in [4.78, 5) is 34.4. The van der Waals surface area contributed by atoms with Crippen molar-refractivity contribution < 1.29 is 9.15 Å². The van der Waals surface area contributed by atoms with Crippen molar-refractivity contribution in [1.29, 1.82) is 0 Å². The quantitative estimate of drug-likeness (QED) is 0.473. The Labute approximate surface area is 178 Å². The van der Waals surface area contributed by atoms with E-state index in [4.69, 9.17) is 9.15 Å². The van der Waals surface area contributed by atoms with Crippen molar-refractivity contribution in [2.75, 3.05) is 6.61 Å². The zero-order chi connectivity index (χ0) is 21.5. The van der Waals surface area contributed by atoms with Crippen molar-refractivity contribution in [2.24, 2.45) is 5.92 Å². The van der Waals surface area contributed by atoms with Crippen molar-refractivity contribution in [1.82, 2.24) is 14.5 Å². The van der Waals surface area contributed by atoms with E-state index in [2.05, 4.69) is 16.9 Å². The monoisotopic (exact) mass is 417 g/mol. The van der Waals surface area contributed by atoms with Crippen LogP contribution in [0.1, 0.15) is 37.1 Å². The molecule has 3 heterocycles. The Balaban J connectivity index is 1.61. The third kappa shape index (κ3) is 3.60. The molecule has 0 fully saturated rings. The van der Waals surface area contributed by atoms with Crippen LogP contribution in [0.25, 0.3) is 22.0 Å². The molecule has 0 N–H and O–H groups in total. The lowest BCUT2D eigenvalue weighted by atomic mass is 9.87. The number of fused-ring (bicyclic) bond motifs is 3. The van der Waals surface area contributed by atoms with Crippen LogP contribution in [0.2, 0.25) is 0 Å². The predicted molar refractivity (Wildman–Crippen MR) is 118 cm³/mol. The molecule has 0 saturated carbocycles. The van der Waals surface area contributed by atoms with Crippen molar-refractivity contribution in [2.45, 2.75) is 39.7 Å². The Kier molecular flexibility index (Phi) is 4.81. The number of hydrogen-bond donors (Lipinski definition) is 0. The fourth-order valence-electron chi connectivity index (χ4n) is 4.31. The van der Waals surface area contributed by atoms with E-state index in [1.807, 2.05) is 19.1 Å². The van der Waals surface area contributed by atoms with Gasteiger partial charge in [0.2, 0.25) is 0 Å². The molecule has 31 heavy (non-hydrogen) atoms. The summed E-state index contributed by atoms with van der Waals surface area (Å²) in [5.41, 5.74) is 3.16. The van der Waals surface area contributed by atoms with E-state index < -0.39 is 5.63 Å². The van der Waals surface area contributed by atoms with E-state index in [1.54, 1.807) is 12.1 Å². The van der Waals surface area contributed by atoms with Gasteiger partial charge in [0.15, 0.2) is 5.65 Å². The van der Waals surface area contributed by atoms with Crippen molar-refractivity contribution in [3.05, 3.63) is 74.3 Å². The standard InChI is InChI=1S/C24H23N3O4/c1-3-30-17-5-7-21-18(11-17)16(10-22(28)31-21)12-27-13-25-23-19(24(27)29)9-15-8-14(2)4-6-20(15)26-23/h5,7,9-11,13-14H,3-4,6,8,12H2,1-2H3/t14-/m0/s1. The molecular formula is C24H23N3O4. The maximum absolute atomic E-state index is 13.2. The number of benzene rings is 1. The first-order valence-electron chi connectivity index (χ1n) is 10.6. The number of aryl methyl sites for hydroxylation is 1. The van der Waals surface area contributed by atoms with Gasteiger partial charge in [-0.3, -0.25) is 9.36 Å². The predicted octanol–water partition coefficient (Wildman–Crippen LogP) is 3.47. The summed E-state index contributed by atoms with van der Waals surface area (Å²) in [5.74, 6) is 1.26. The second-order valence-electron chi connectivity index (χ2n) is 8.17. The molecule has 1 atom stereocenters. The second kappa shape index (κ2) is 7.65. The number of hydrogen-bond acceptors (Lipinski definition) is 6. The van der Waals surface area contributed by atoms with Crippen LogP contribution in [0.15, 0.2) is 50.7 Å². The normalized spacial score (nSPS) is 15.9. The molecule has 7 heteroatoms. The molecule has 0 radical (unpaired) electrons. The second-order valence-corrected chi connectivity index (χ2v) is 8.17. The van der Waals surface area contributed by atoms with Crippen LogP contribution in [0.3, 0.4) is 0 Å². The molecular weight excluding hydrogens is 394 g/mol. The van der Waals surface area contributed by atoms with Crippen LogP contribution in [-0.2, 0) is 19.4 Å². The van der Waals surface area contributed by atoms with E-state index in [-0.39, 0.29) is 12.1 Å². The minimum Gasteiger partial charge on any atom is -0.494 e. The van der Waals surface area contributed by atoms with Gasteiger partial charge in [-0.1, -0.05) is 6.92 Å². The number of ether oxygens (including phenoxy) is 1. The zero-order valence-electron chi connectivity index (χ0n) is 17.6. The maximum Gasteiger partial charge on any atom is 0.336 e. The summed E-state index contributed by atoms with van der Waals surface area (Å²) >= 11 is 0. The van der Waals surface area contributed by atoms with Gasteiger partial charge in [0.25, 0.3) is 5.56 Å². The lowest BCUT2D eigenvalue weighted by Crippen LogP contribution is -2.23. The lowest BCUT2D eigenvalue weighted by Gasteiger charge is -2.20. The third-order valence-electron chi connectivity index (χ3n) is 5.88. The highest BCUT2D eigenvalue weighted by atomic mass is 16.5. The molecule has 0 bridgehead atoms.